The molecule has 6 heteroatoms. The highest BCUT2D eigenvalue weighted by molar-refractivity contribution is 8.18. The second-order valence-electron chi connectivity index (χ2n) is 5.10. The fourth-order valence-corrected chi connectivity index (χ4v) is 3.20. The van der Waals surface area contributed by atoms with Gasteiger partial charge in [-0.2, -0.15) is 0 Å². The molecule has 0 aromatic heterocycles. The van der Waals surface area contributed by atoms with Gasteiger partial charge in [0.25, 0.3) is 5.91 Å². The molecule has 2 aromatic carbocycles. The number of aromatic hydroxyl groups is 1. The number of phenols is 1. The van der Waals surface area contributed by atoms with E-state index >= 15 is 0 Å². The van der Waals surface area contributed by atoms with Crippen molar-refractivity contribution in [1.29, 1.82) is 0 Å². The summed E-state index contributed by atoms with van der Waals surface area (Å²) in [6.07, 6.45) is 1.65. The Morgan fingerprint density at radius 1 is 1.17 bits per heavy atom. The van der Waals surface area contributed by atoms with Crippen LogP contribution >= 0.6 is 11.8 Å². The lowest BCUT2D eigenvalue weighted by atomic mass is 10.1. The molecule has 3 rings (SSSR count). The van der Waals surface area contributed by atoms with E-state index in [0.29, 0.717) is 21.4 Å². The number of benzene rings is 2. The van der Waals surface area contributed by atoms with E-state index in [-0.39, 0.29) is 11.7 Å². The van der Waals surface area contributed by atoms with Gasteiger partial charge in [0.1, 0.15) is 0 Å². The van der Waals surface area contributed by atoms with Crippen molar-refractivity contribution in [1.82, 2.24) is 4.90 Å². The number of thioether (sulfide) groups is 1. The summed E-state index contributed by atoms with van der Waals surface area (Å²) in [7, 11) is 3.17. The van der Waals surface area contributed by atoms with Gasteiger partial charge in [-0.1, -0.05) is 30.3 Å². The summed E-state index contributed by atoms with van der Waals surface area (Å²) in [4.78, 5) is 18.9. The monoisotopic (exact) mass is 340 g/mol. The van der Waals surface area contributed by atoms with E-state index in [9.17, 15) is 9.90 Å². The van der Waals surface area contributed by atoms with Gasteiger partial charge in [-0.25, -0.2) is 4.99 Å². The summed E-state index contributed by atoms with van der Waals surface area (Å²) >= 11 is 1.27. The molecule has 0 radical (unpaired) electrons. The molecule has 1 heterocycles. The van der Waals surface area contributed by atoms with Crippen LogP contribution in [0.3, 0.4) is 0 Å². The minimum Gasteiger partial charge on any atom is -0.504 e. The highest BCUT2D eigenvalue weighted by Crippen LogP contribution is 2.36. The van der Waals surface area contributed by atoms with Crippen LogP contribution in [0.5, 0.6) is 11.5 Å². The van der Waals surface area contributed by atoms with E-state index in [4.69, 9.17) is 4.74 Å². The van der Waals surface area contributed by atoms with Crippen LogP contribution in [0.1, 0.15) is 5.56 Å². The number of methoxy groups -OCH3 is 1. The fraction of sp³-hybridized carbons (Fsp3) is 0.111. The van der Waals surface area contributed by atoms with Crippen molar-refractivity contribution in [3.05, 3.63) is 59.0 Å². The molecular formula is C18H16N2O3S. The second kappa shape index (κ2) is 6.80. The number of hydrogen-bond acceptors (Lipinski definition) is 5. The molecule has 122 valence electrons. The Hall–Kier alpha value is -2.73. The number of nitrogens with zero attached hydrogens (tertiary/aromatic N) is 2. The normalized spacial score (nSPS) is 17.8. The Labute approximate surface area is 144 Å². The van der Waals surface area contributed by atoms with Crippen molar-refractivity contribution in [2.45, 2.75) is 0 Å². The van der Waals surface area contributed by atoms with Gasteiger partial charge >= 0.3 is 0 Å². The van der Waals surface area contributed by atoms with Gasteiger partial charge in [-0.05, 0) is 36.0 Å². The number of amides is 1. The van der Waals surface area contributed by atoms with Gasteiger partial charge in [-0.15, -0.1) is 0 Å². The maximum Gasteiger partial charge on any atom is 0.266 e. The van der Waals surface area contributed by atoms with Crippen molar-refractivity contribution < 1.29 is 14.6 Å². The number of rotatable bonds is 3. The number of amidine groups is 1. The fourth-order valence-electron chi connectivity index (χ4n) is 2.23. The number of carbonyl (C=O) groups is 1. The zero-order valence-electron chi connectivity index (χ0n) is 13.3. The number of phenolic OH excluding ortho intramolecular Hbond substituents is 1. The zero-order chi connectivity index (χ0) is 17.1. The maximum atomic E-state index is 12.4. The lowest BCUT2D eigenvalue weighted by Gasteiger charge is -2.07. The van der Waals surface area contributed by atoms with Crippen molar-refractivity contribution in [2.24, 2.45) is 4.99 Å². The number of para-hydroxylation sites is 2. The lowest BCUT2D eigenvalue weighted by Crippen LogP contribution is -2.23. The predicted octanol–water partition coefficient (Wildman–Crippen LogP) is 3.63. The number of carbonyl (C=O) groups excluding carboxylic acids is 1. The maximum absolute atomic E-state index is 12.4. The van der Waals surface area contributed by atoms with Gasteiger partial charge in [0.05, 0.1) is 17.7 Å². The number of aliphatic imine (C=N–C) groups is 1. The van der Waals surface area contributed by atoms with Gasteiger partial charge in [0.2, 0.25) is 0 Å². The quantitative estimate of drug-likeness (QED) is 0.867. The highest BCUT2D eigenvalue weighted by Gasteiger charge is 2.30. The molecule has 0 bridgehead atoms. The Morgan fingerprint density at radius 2 is 1.92 bits per heavy atom. The lowest BCUT2D eigenvalue weighted by molar-refractivity contribution is -0.121. The first kappa shape index (κ1) is 16.1. The third kappa shape index (κ3) is 3.14. The van der Waals surface area contributed by atoms with E-state index in [1.54, 1.807) is 31.3 Å². The molecule has 0 saturated carbocycles. The molecule has 1 amide bonds. The Balaban J connectivity index is 1.93. The van der Waals surface area contributed by atoms with Crippen molar-refractivity contribution >= 4 is 34.6 Å². The molecule has 0 atom stereocenters. The Morgan fingerprint density at radius 3 is 2.62 bits per heavy atom. The minimum atomic E-state index is -0.156. The molecule has 24 heavy (non-hydrogen) atoms. The van der Waals surface area contributed by atoms with Crippen molar-refractivity contribution in [2.75, 3.05) is 14.2 Å². The summed E-state index contributed by atoms with van der Waals surface area (Å²) < 4.78 is 5.09. The van der Waals surface area contributed by atoms with Crippen LogP contribution in [0.2, 0.25) is 0 Å². The van der Waals surface area contributed by atoms with E-state index in [1.165, 1.54) is 23.8 Å². The average molecular weight is 340 g/mol. The summed E-state index contributed by atoms with van der Waals surface area (Å²) in [5.41, 5.74) is 1.31. The molecule has 1 saturated heterocycles. The van der Waals surface area contributed by atoms with Crippen molar-refractivity contribution in [3.63, 3.8) is 0 Å². The van der Waals surface area contributed by atoms with Crippen LogP contribution < -0.4 is 4.74 Å². The zero-order valence-corrected chi connectivity index (χ0v) is 14.1. The Kier molecular flexibility index (Phi) is 4.57. The van der Waals surface area contributed by atoms with Crippen molar-refractivity contribution in [3.8, 4) is 11.5 Å². The van der Waals surface area contributed by atoms with Gasteiger partial charge in [-0.3, -0.25) is 9.69 Å². The smallest absolute Gasteiger partial charge is 0.266 e. The Bertz CT molecular complexity index is 831. The van der Waals surface area contributed by atoms with Crippen LogP contribution in [0.25, 0.3) is 6.08 Å². The van der Waals surface area contributed by atoms with Gasteiger partial charge < -0.3 is 9.84 Å². The standard InChI is InChI=1S/C18H16N2O3S/c1-20-17(22)15(11-12-7-6-10-14(23-2)16(12)21)24-18(20)19-13-8-4-3-5-9-13/h3-11,21H,1-2H3/b15-11+,19-18?. The van der Waals surface area contributed by atoms with E-state index in [1.807, 2.05) is 30.3 Å². The van der Waals surface area contributed by atoms with E-state index in [2.05, 4.69) is 4.99 Å². The molecule has 0 spiro atoms. The molecule has 5 nitrogen and oxygen atoms in total. The third-order valence-corrected chi connectivity index (χ3v) is 4.58. The van der Waals surface area contributed by atoms with Crippen LogP contribution in [0.15, 0.2) is 58.4 Å². The minimum absolute atomic E-state index is 0.0111. The van der Waals surface area contributed by atoms with Crippen LogP contribution in [-0.2, 0) is 4.79 Å². The van der Waals surface area contributed by atoms with Crippen LogP contribution in [0, 0.1) is 0 Å². The molecule has 0 unspecified atom stereocenters. The summed E-state index contributed by atoms with van der Waals surface area (Å²) in [5.74, 6) is 0.222. The summed E-state index contributed by atoms with van der Waals surface area (Å²) in [6.45, 7) is 0. The van der Waals surface area contributed by atoms with Crippen LogP contribution in [0.4, 0.5) is 5.69 Å². The average Bonchev–Trinajstić information content (AvgIpc) is 2.86. The third-order valence-electron chi connectivity index (χ3n) is 3.52. The first-order chi connectivity index (χ1) is 11.6. The first-order valence-electron chi connectivity index (χ1n) is 7.27. The van der Waals surface area contributed by atoms with Gasteiger partial charge in [0.15, 0.2) is 16.7 Å². The molecule has 2 aromatic rings. The molecule has 1 aliphatic rings. The largest absolute Gasteiger partial charge is 0.504 e. The summed E-state index contributed by atoms with van der Waals surface area (Å²) in [5, 5.41) is 10.8. The molecule has 1 aliphatic heterocycles. The predicted molar refractivity (Wildman–Crippen MR) is 96.5 cm³/mol. The van der Waals surface area contributed by atoms with Crippen LogP contribution in [-0.4, -0.2) is 35.2 Å². The van der Waals surface area contributed by atoms with Gasteiger partial charge in [0, 0.05) is 12.6 Å². The SMILES string of the molecule is COc1cccc(/C=C2/SC(=Nc3ccccc3)N(C)C2=O)c1O. The molecular weight excluding hydrogens is 324 g/mol. The second-order valence-corrected chi connectivity index (χ2v) is 6.11. The van der Waals surface area contributed by atoms with E-state index in [0.717, 1.165) is 5.69 Å². The topological polar surface area (TPSA) is 62.1 Å². The molecule has 0 aliphatic carbocycles. The molecule has 1 N–H and O–H groups in total. The number of ether oxygens (including phenoxy) is 1. The highest BCUT2D eigenvalue weighted by atomic mass is 32.2. The van der Waals surface area contributed by atoms with E-state index < -0.39 is 0 Å². The first-order valence-corrected chi connectivity index (χ1v) is 8.09. The molecule has 1 fully saturated rings. The number of likely N-dealkylation sites (N-methyl/N-ethyl adjacent to an activating group) is 1. The number of hydrogen-bond donors (Lipinski definition) is 1. The summed E-state index contributed by atoms with van der Waals surface area (Å²) in [6, 6.07) is 14.6.